The Bertz CT molecular complexity index is 146. The van der Waals surface area contributed by atoms with Crippen molar-refractivity contribution in [2.24, 2.45) is 11.8 Å². The van der Waals surface area contributed by atoms with E-state index in [1.165, 1.54) is 6.21 Å². The minimum absolute atomic E-state index is 0.218. The van der Waals surface area contributed by atoms with Crippen LogP contribution in [0.3, 0.4) is 0 Å². The molecule has 0 saturated carbocycles. The summed E-state index contributed by atoms with van der Waals surface area (Å²) in [5, 5.41) is 7.13. The zero-order valence-electron chi connectivity index (χ0n) is 7.30. The number of hydrogen-bond donors (Lipinski definition) is 1. The summed E-state index contributed by atoms with van der Waals surface area (Å²) in [6.07, 6.45) is 7.41. The van der Waals surface area contributed by atoms with E-state index >= 15 is 0 Å². The predicted molar refractivity (Wildman–Crippen MR) is 64.3 cm³/mol. The Labute approximate surface area is 88.6 Å². The van der Waals surface area contributed by atoms with Gasteiger partial charge in [0.1, 0.15) is 0 Å². The molecule has 0 aliphatic heterocycles. The second kappa shape index (κ2) is 7.53. The van der Waals surface area contributed by atoms with Crippen molar-refractivity contribution in [1.82, 2.24) is 0 Å². The fraction of sp³-hybridized carbons (Fsp3) is 0.500. The third-order valence-corrected chi connectivity index (χ3v) is 2.53. The third-order valence-electron chi connectivity index (χ3n) is 1.90. The Kier molecular flexibility index (Phi) is 7.45. The van der Waals surface area contributed by atoms with Crippen LogP contribution in [0.25, 0.3) is 0 Å². The summed E-state index contributed by atoms with van der Waals surface area (Å²) in [4.78, 5) is 0. The van der Waals surface area contributed by atoms with Crippen molar-refractivity contribution < 1.29 is 0 Å². The molecule has 0 aromatic heterocycles. The van der Waals surface area contributed by atoms with E-state index in [9.17, 15) is 0 Å². The van der Waals surface area contributed by atoms with E-state index in [2.05, 4.69) is 35.7 Å². The molecule has 2 heteroatoms. The van der Waals surface area contributed by atoms with Gasteiger partial charge in [0.25, 0.3) is 0 Å². The fourth-order valence-electron chi connectivity index (χ4n) is 1.05. The van der Waals surface area contributed by atoms with Crippen LogP contribution in [0.4, 0.5) is 0 Å². The molecule has 1 nitrogen and oxygen atoms in total. The Morgan fingerprint density at radius 1 is 1.33 bits per heavy atom. The number of alkyl halides is 1. The quantitative estimate of drug-likeness (QED) is 0.319. The molecule has 0 aliphatic carbocycles. The van der Waals surface area contributed by atoms with Crippen LogP contribution in [0, 0.1) is 17.2 Å². The van der Waals surface area contributed by atoms with Crippen molar-refractivity contribution in [2.45, 2.75) is 12.8 Å². The minimum Gasteiger partial charge on any atom is -0.312 e. The molecule has 2 atom stereocenters. The standard InChI is InChI=1S/C10H16IN/c1-3-9(5-6-11)7-10(4-2)8-12/h3-4,8-10,12H,1-2,5-7H2/t9-,10?/m0/s1. The smallest absolute Gasteiger partial charge is 0.0118 e. The first-order valence-electron chi connectivity index (χ1n) is 4.10. The number of hydrogen-bond acceptors (Lipinski definition) is 1. The first-order valence-corrected chi connectivity index (χ1v) is 5.62. The summed E-state index contributed by atoms with van der Waals surface area (Å²) in [5.41, 5.74) is 0. The van der Waals surface area contributed by atoms with Crippen LogP contribution in [-0.4, -0.2) is 10.6 Å². The molecule has 0 bridgehead atoms. The molecule has 0 fully saturated rings. The second-order valence-electron chi connectivity index (χ2n) is 2.78. The van der Waals surface area contributed by atoms with Crippen molar-refractivity contribution in [3.05, 3.63) is 25.3 Å². The molecule has 0 aromatic rings. The zero-order valence-corrected chi connectivity index (χ0v) is 9.46. The summed E-state index contributed by atoms with van der Waals surface area (Å²) in [6.45, 7) is 7.48. The van der Waals surface area contributed by atoms with Crippen molar-refractivity contribution >= 4 is 28.8 Å². The Morgan fingerprint density at radius 3 is 2.33 bits per heavy atom. The van der Waals surface area contributed by atoms with E-state index in [-0.39, 0.29) is 5.92 Å². The van der Waals surface area contributed by atoms with Gasteiger partial charge in [0.05, 0.1) is 0 Å². The van der Waals surface area contributed by atoms with Crippen LogP contribution in [0.2, 0.25) is 0 Å². The average Bonchev–Trinajstić information content (AvgIpc) is 2.12. The maximum absolute atomic E-state index is 7.13. The van der Waals surface area contributed by atoms with Crippen molar-refractivity contribution in [3.63, 3.8) is 0 Å². The highest BCUT2D eigenvalue weighted by Crippen LogP contribution is 2.17. The lowest BCUT2D eigenvalue weighted by atomic mass is 9.93. The Hall–Kier alpha value is -0.120. The molecule has 0 aliphatic rings. The fourth-order valence-corrected chi connectivity index (χ4v) is 1.85. The van der Waals surface area contributed by atoms with Crippen LogP contribution in [-0.2, 0) is 0 Å². The molecule has 1 N–H and O–H groups in total. The van der Waals surface area contributed by atoms with Gasteiger partial charge < -0.3 is 5.41 Å². The van der Waals surface area contributed by atoms with Gasteiger partial charge in [-0.3, -0.25) is 0 Å². The van der Waals surface area contributed by atoms with Gasteiger partial charge in [-0.05, 0) is 18.8 Å². The van der Waals surface area contributed by atoms with E-state index in [1.807, 2.05) is 12.2 Å². The lowest BCUT2D eigenvalue weighted by molar-refractivity contribution is 0.550. The molecule has 0 amide bonds. The summed E-state index contributed by atoms with van der Waals surface area (Å²) in [7, 11) is 0. The highest BCUT2D eigenvalue weighted by atomic mass is 127. The van der Waals surface area contributed by atoms with E-state index < -0.39 is 0 Å². The molecule has 68 valence electrons. The van der Waals surface area contributed by atoms with E-state index in [1.54, 1.807) is 0 Å². The third kappa shape index (κ3) is 4.70. The van der Waals surface area contributed by atoms with Gasteiger partial charge in [-0.1, -0.05) is 34.7 Å². The number of rotatable bonds is 7. The Morgan fingerprint density at radius 2 is 2.00 bits per heavy atom. The second-order valence-corrected chi connectivity index (χ2v) is 3.85. The van der Waals surface area contributed by atoms with Crippen LogP contribution in [0.15, 0.2) is 25.3 Å². The number of nitrogens with one attached hydrogen (secondary N) is 1. The average molecular weight is 277 g/mol. The van der Waals surface area contributed by atoms with Gasteiger partial charge in [0.15, 0.2) is 0 Å². The largest absolute Gasteiger partial charge is 0.312 e. The normalized spacial score (nSPS) is 14.8. The first kappa shape index (κ1) is 11.9. The molecule has 12 heavy (non-hydrogen) atoms. The highest BCUT2D eigenvalue weighted by molar-refractivity contribution is 14.1. The maximum atomic E-state index is 7.13. The van der Waals surface area contributed by atoms with E-state index in [4.69, 9.17) is 5.41 Å². The van der Waals surface area contributed by atoms with Gasteiger partial charge in [0, 0.05) is 16.6 Å². The molecule has 1 unspecified atom stereocenters. The predicted octanol–water partition coefficient (Wildman–Crippen LogP) is 3.46. The summed E-state index contributed by atoms with van der Waals surface area (Å²) in [6, 6.07) is 0. The van der Waals surface area contributed by atoms with Crippen molar-refractivity contribution in [3.8, 4) is 0 Å². The molecule has 0 aromatic carbocycles. The minimum atomic E-state index is 0.218. The van der Waals surface area contributed by atoms with Crippen molar-refractivity contribution in [1.29, 1.82) is 5.41 Å². The summed E-state index contributed by atoms with van der Waals surface area (Å²) >= 11 is 2.37. The van der Waals surface area contributed by atoms with Crippen LogP contribution < -0.4 is 0 Å². The topological polar surface area (TPSA) is 23.9 Å². The van der Waals surface area contributed by atoms with Crippen LogP contribution in [0.1, 0.15) is 12.8 Å². The summed E-state index contributed by atoms with van der Waals surface area (Å²) < 4.78 is 1.15. The molecule has 0 spiro atoms. The monoisotopic (exact) mass is 277 g/mol. The van der Waals surface area contributed by atoms with Gasteiger partial charge >= 0.3 is 0 Å². The van der Waals surface area contributed by atoms with Crippen molar-refractivity contribution in [2.75, 3.05) is 4.43 Å². The first-order chi connectivity index (χ1) is 5.78. The molecule has 0 heterocycles. The van der Waals surface area contributed by atoms with Crippen LogP contribution in [0.5, 0.6) is 0 Å². The van der Waals surface area contributed by atoms with Gasteiger partial charge in [-0.2, -0.15) is 0 Å². The van der Waals surface area contributed by atoms with E-state index in [0.29, 0.717) is 5.92 Å². The SMILES string of the molecule is C=CC(C=N)C[C@@H](C=C)CCI. The van der Waals surface area contributed by atoms with E-state index in [0.717, 1.165) is 17.3 Å². The van der Waals surface area contributed by atoms with Gasteiger partial charge in [0.2, 0.25) is 0 Å². The van der Waals surface area contributed by atoms with Gasteiger partial charge in [-0.25, -0.2) is 0 Å². The molecule has 0 rings (SSSR count). The molecule has 0 saturated heterocycles. The van der Waals surface area contributed by atoms with Crippen LogP contribution >= 0.6 is 22.6 Å². The number of allylic oxidation sites excluding steroid dienone is 2. The lowest BCUT2D eigenvalue weighted by Gasteiger charge is -2.13. The van der Waals surface area contributed by atoms with Gasteiger partial charge in [-0.15, -0.1) is 13.2 Å². The molecular weight excluding hydrogens is 261 g/mol. The zero-order chi connectivity index (χ0) is 9.40. The Balaban J connectivity index is 3.89. The highest BCUT2D eigenvalue weighted by Gasteiger charge is 2.08. The lowest BCUT2D eigenvalue weighted by Crippen LogP contribution is -2.06. The molecular formula is C10H16IN. The summed E-state index contributed by atoms with van der Waals surface area (Å²) in [5.74, 6) is 0.752. The maximum Gasteiger partial charge on any atom is 0.0118 e. The number of halogens is 1. The molecule has 0 radical (unpaired) electrons.